The maximum atomic E-state index is 5.76. The van der Waals surface area contributed by atoms with Gasteiger partial charge in [0.1, 0.15) is 0 Å². The summed E-state index contributed by atoms with van der Waals surface area (Å²) in [5.41, 5.74) is 7.10. The number of likely N-dealkylation sites (N-methyl/N-ethyl adjacent to an activating group) is 1. The summed E-state index contributed by atoms with van der Waals surface area (Å²) < 4.78 is 0. The number of aromatic nitrogens is 1. The van der Waals surface area contributed by atoms with Gasteiger partial charge >= 0.3 is 0 Å². The topological polar surface area (TPSA) is 45.4 Å². The van der Waals surface area contributed by atoms with Crippen LogP contribution in [0.25, 0.3) is 0 Å². The van der Waals surface area contributed by atoms with Crippen LogP contribution < -0.4 is 5.73 Å². The summed E-state index contributed by atoms with van der Waals surface area (Å²) in [5, 5.41) is 0. The molecule has 1 atom stereocenters. The van der Waals surface area contributed by atoms with Gasteiger partial charge in [-0.1, -0.05) is 0 Å². The third kappa shape index (κ3) is 3.77. The van der Waals surface area contributed by atoms with Gasteiger partial charge in [-0.2, -0.15) is 0 Å². The highest BCUT2D eigenvalue weighted by Crippen LogP contribution is 2.15. The molecule has 1 aliphatic heterocycles. The Kier molecular flexibility index (Phi) is 5.11. The van der Waals surface area contributed by atoms with Gasteiger partial charge < -0.3 is 10.6 Å². The van der Waals surface area contributed by atoms with Gasteiger partial charge in [0, 0.05) is 38.1 Å². The molecule has 18 heavy (non-hydrogen) atoms. The molecule has 0 radical (unpaired) electrons. The molecule has 1 aromatic rings. The van der Waals surface area contributed by atoms with E-state index in [1.165, 1.54) is 18.5 Å². The van der Waals surface area contributed by atoms with E-state index in [0.717, 1.165) is 32.6 Å². The lowest BCUT2D eigenvalue weighted by atomic mass is 10.1. The number of nitrogens with two attached hydrogens (primary N) is 1. The molecule has 0 aromatic carbocycles. The van der Waals surface area contributed by atoms with Gasteiger partial charge in [0.2, 0.25) is 0 Å². The van der Waals surface area contributed by atoms with Crippen molar-refractivity contribution in [3.8, 4) is 0 Å². The first-order valence-corrected chi connectivity index (χ1v) is 6.81. The van der Waals surface area contributed by atoms with Gasteiger partial charge in [-0.25, -0.2) is 0 Å². The van der Waals surface area contributed by atoms with Crippen LogP contribution in [0.1, 0.15) is 18.4 Å². The van der Waals surface area contributed by atoms with Gasteiger partial charge in [-0.15, -0.1) is 0 Å². The van der Waals surface area contributed by atoms with E-state index in [9.17, 15) is 0 Å². The van der Waals surface area contributed by atoms with E-state index in [0.29, 0.717) is 6.04 Å². The van der Waals surface area contributed by atoms with Crippen molar-refractivity contribution in [1.29, 1.82) is 0 Å². The quantitative estimate of drug-likeness (QED) is 0.861. The number of rotatable bonds is 4. The van der Waals surface area contributed by atoms with Crippen LogP contribution in [-0.2, 0) is 6.54 Å². The highest BCUT2D eigenvalue weighted by atomic mass is 15.2. The third-order valence-electron chi connectivity index (χ3n) is 3.66. The predicted octanol–water partition coefficient (Wildman–Crippen LogP) is 0.936. The zero-order chi connectivity index (χ0) is 12.8. The van der Waals surface area contributed by atoms with E-state index in [1.807, 2.05) is 12.4 Å². The minimum absolute atomic E-state index is 0.579. The van der Waals surface area contributed by atoms with Gasteiger partial charge in [0.15, 0.2) is 0 Å². The molecule has 2 heterocycles. The Morgan fingerprint density at radius 1 is 1.33 bits per heavy atom. The van der Waals surface area contributed by atoms with Crippen molar-refractivity contribution in [2.75, 3.05) is 33.2 Å². The average Bonchev–Trinajstić information content (AvgIpc) is 2.54. The molecule has 2 rings (SSSR count). The zero-order valence-electron chi connectivity index (χ0n) is 11.3. The molecule has 0 bridgehead atoms. The SMILES string of the molecule is CN1CCCN(Cc2ccncc2)C(CCN)C1. The molecule has 1 aliphatic rings. The number of nitrogens with zero attached hydrogens (tertiary/aromatic N) is 3. The summed E-state index contributed by atoms with van der Waals surface area (Å²) >= 11 is 0. The van der Waals surface area contributed by atoms with Crippen LogP contribution in [0.4, 0.5) is 0 Å². The van der Waals surface area contributed by atoms with E-state index < -0.39 is 0 Å². The smallest absolute Gasteiger partial charge is 0.0271 e. The summed E-state index contributed by atoms with van der Waals surface area (Å²) in [7, 11) is 2.21. The molecular formula is C14H24N4. The molecule has 1 unspecified atom stereocenters. The Morgan fingerprint density at radius 2 is 2.11 bits per heavy atom. The van der Waals surface area contributed by atoms with Crippen molar-refractivity contribution >= 4 is 0 Å². The lowest BCUT2D eigenvalue weighted by Crippen LogP contribution is -2.41. The molecule has 0 amide bonds. The molecule has 0 aliphatic carbocycles. The maximum absolute atomic E-state index is 5.76. The van der Waals surface area contributed by atoms with E-state index in [1.54, 1.807) is 0 Å². The zero-order valence-corrected chi connectivity index (χ0v) is 11.3. The second-order valence-corrected chi connectivity index (χ2v) is 5.17. The van der Waals surface area contributed by atoms with Crippen molar-refractivity contribution in [2.24, 2.45) is 5.73 Å². The third-order valence-corrected chi connectivity index (χ3v) is 3.66. The Morgan fingerprint density at radius 3 is 2.83 bits per heavy atom. The number of pyridine rings is 1. The summed E-state index contributed by atoms with van der Waals surface area (Å²) in [6.07, 6.45) is 6.06. The first-order valence-electron chi connectivity index (χ1n) is 6.81. The largest absolute Gasteiger partial charge is 0.330 e. The van der Waals surface area contributed by atoms with Crippen LogP contribution in [0.15, 0.2) is 24.5 Å². The van der Waals surface area contributed by atoms with Gasteiger partial charge in [-0.3, -0.25) is 9.88 Å². The maximum Gasteiger partial charge on any atom is 0.0271 e. The second-order valence-electron chi connectivity index (χ2n) is 5.17. The number of hydrogen-bond acceptors (Lipinski definition) is 4. The van der Waals surface area contributed by atoms with Crippen LogP contribution >= 0.6 is 0 Å². The lowest BCUT2D eigenvalue weighted by molar-refractivity contribution is 0.173. The fraction of sp³-hybridized carbons (Fsp3) is 0.643. The number of hydrogen-bond donors (Lipinski definition) is 1. The minimum Gasteiger partial charge on any atom is -0.330 e. The van der Waals surface area contributed by atoms with Gasteiger partial charge in [0.05, 0.1) is 0 Å². The van der Waals surface area contributed by atoms with Crippen LogP contribution in [-0.4, -0.2) is 54.1 Å². The Balaban J connectivity index is 2.02. The Bertz CT molecular complexity index is 341. The molecule has 0 spiro atoms. The van der Waals surface area contributed by atoms with Crippen LogP contribution in [0.3, 0.4) is 0 Å². The first kappa shape index (κ1) is 13.5. The lowest BCUT2D eigenvalue weighted by Gasteiger charge is -2.30. The van der Waals surface area contributed by atoms with Crippen LogP contribution in [0.5, 0.6) is 0 Å². The molecule has 100 valence electrons. The summed E-state index contributed by atoms with van der Waals surface area (Å²) in [6, 6.07) is 4.79. The van der Waals surface area contributed by atoms with E-state index in [2.05, 4.69) is 34.0 Å². The summed E-state index contributed by atoms with van der Waals surface area (Å²) in [5.74, 6) is 0. The fourth-order valence-corrected chi connectivity index (χ4v) is 2.69. The Labute approximate surface area is 110 Å². The van der Waals surface area contributed by atoms with Crippen molar-refractivity contribution in [3.05, 3.63) is 30.1 Å². The molecule has 1 fully saturated rings. The summed E-state index contributed by atoms with van der Waals surface area (Å²) in [4.78, 5) is 9.08. The van der Waals surface area contributed by atoms with E-state index in [4.69, 9.17) is 5.73 Å². The van der Waals surface area contributed by atoms with Gasteiger partial charge in [-0.05, 0) is 50.7 Å². The monoisotopic (exact) mass is 248 g/mol. The molecule has 1 saturated heterocycles. The highest BCUT2D eigenvalue weighted by molar-refractivity contribution is 5.09. The van der Waals surface area contributed by atoms with Crippen molar-refractivity contribution in [1.82, 2.24) is 14.8 Å². The van der Waals surface area contributed by atoms with Crippen molar-refractivity contribution < 1.29 is 0 Å². The predicted molar refractivity (Wildman–Crippen MR) is 74.2 cm³/mol. The second kappa shape index (κ2) is 6.83. The highest BCUT2D eigenvalue weighted by Gasteiger charge is 2.22. The van der Waals surface area contributed by atoms with Gasteiger partial charge in [0.25, 0.3) is 0 Å². The molecule has 4 heteroatoms. The normalized spacial score (nSPS) is 22.9. The molecule has 0 saturated carbocycles. The summed E-state index contributed by atoms with van der Waals surface area (Å²) in [6.45, 7) is 5.26. The Hall–Kier alpha value is -0.970. The van der Waals surface area contributed by atoms with Crippen molar-refractivity contribution in [3.63, 3.8) is 0 Å². The van der Waals surface area contributed by atoms with Crippen LogP contribution in [0.2, 0.25) is 0 Å². The van der Waals surface area contributed by atoms with E-state index in [-0.39, 0.29) is 0 Å². The van der Waals surface area contributed by atoms with Crippen LogP contribution in [0, 0.1) is 0 Å². The van der Waals surface area contributed by atoms with E-state index >= 15 is 0 Å². The minimum atomic E-state index is 0.579. The first-order chi connectivity index (χ1) is 8.79. The fourth-order valence-electron chi connectivity index (χ4n) is 2.69. The molecular weight excluding hydrogens is 224 g/mol. The molecule has 1 aromatic heterocycles. The van der Waals surface area contributed by atoms with Crippen molar-refractivity contribution in [2.45, 2.75) is 25.4 Å². The standard InChI is InChI=1S/C14H24N4/c1-17-9-2-10-18(14(12-17)3-6-15)11-13-4-7-16-8-5-13/h4-5,7-8,14H,2-3,6,9-12,15H2,1H3. The molecule has 2 N–H and O–H groups in total. The average molecular weight is 248 g/mol. The molecule has 4 nitrogen and oxygen atoms in total.